The molecule has 1 aromatic heterocycles. The number of benzene rings is 1. The molecule has 1 aromatic carbocycles. The van der Waals surface area contributed by atoms with E-state index in [1.165, 1.54) is 12.1 Å². The summed E-state index contributed by atoms with van der Waals surface area (Å²) in [6.45, 7) is 1.67. The Labute approximate surface area is 133 Å². The first kappa shape index (κ1) is 15.6. The SMILES string of the molecule is Cc1c(F)cccc1C1CC(c2cncc(F)c2)CC1C(=O)O. The first-order valence-corrected chi connectivity index (χ1v) is 7.55. The zero-order valence-electron chi connectivity index (χ0n) is 12.7. The largest absolute Gasteiger partial charge is 0.481 e. The van der Waals surface area contributed by atoms with Crippen LogP contribution in [0.15, 0.2) is 36.7 Å². The van der Waals surface area contributed by atoms with Gasteiger partial charge in [0.05, 0.1) is 12.1 Å². The lowest BCUT2D eigenvalue weighted by Crippen LogP contribution is -2.17. The van der Waals surface area contributed by atoms with Gasteiger partial charge in [-0.2, -0.15) is 0 Å². The van der Waals surface area contributed by atoms with E-state index in [9.17, 15) is 18.7 Å². The van der Waals surface area contributed by atoms with Gasteiger partial charge in [-0.1, -0.05) is 12.1 Å². The molecule has 3 unspecified atom stereocenters. The third-order valence-electron chi connectivity index (χ3n) is 4.79. The highest BCUT2D eigenvalue weighted by atomic mass is 19.1. The van der Waals surface area contributed by atoms with Gasteiger partial charge in [0.2, 0.25) is 0 Å². The molecule has 2 aromatic rings. The number of rotatable bonds is 3. The molecule has 1 aliphatic rings. The molecule has 1 fully saturated rings. The molecule has 1 heterocycles. The zero-order chi connectivity index (χ0) is 16.6. The summed E-state index contributed by atoms with van der Waals surface area (Å²) in [7, 11) is 0. The summed E-state index contributed by atoms with van der Waals surface area (Å²) in [6, 6.07) is 6.16. The van der Waals surface area contributed by atoms with E-state index in [0.29, 0.717) is 24.0 Å². The smallest absolute Gasteiger partial charge is 0.307 e. The number of aliphatic carboxylic acids is 1. The van der Waals surface area contributed by atoms with Crippen LogP contribution in [0, 0.1) is 24.5 Å². The first-order chi connectivity index (χ1) is 11.0. The van der Waals surface area contributed by atoms with E-state index >= 15 is 0 Å². The Kier molecular flexibility index (Phi) is 4.11. The number of aromatic nitrogens is 1. The average Bonchev–Trinajstić information content (AvgIpc) is 2.95. The molecule has 0 spiro atoms. The standard InChI is InChI=1S/C18H17F2NO2/c1-10-14(3-2-4-17(10)20)15-6-11(7-16(15)18(22)23)12-5-13(19)9-21-8-12/h2-5,8-9,11,15-16H,6-7H2,1H3,(H,22,23). The molecule has 3 nitrogen and oxygen atoms in total. The van der Waals surface area contributed by atoms with Crippen molar-refractivity contribution in [3.05, 3.63) is 65.0 Å². The Bertz CT molecular complexity index is 748. The molecular weight excluding hydrogens is 300 g/mol. The molecule has 0 saturated heterocycles. The van der Waals surface area contributed by atoms with Crippen molar-refractivity contribution in [3.8, 4) is 0 Å². The number of halogens is 2. The van der Waals surface area contributed by atoms with E-state index in [0.717, 1.165) is 11.8 Å². The van der Waals surface area contributed by atoms with E-state index in [2.05, 4.69) is 4.98 Å². The maximum absolute atomic E-state index is 13.8. The van der Waals surface area contributed by atoms with Gasteiger partial charge in [0, 0.05) is 6.20 Å². The van der Waals surface area contributed by atoms with Gasteiger partial charge in [0.15, 0.2) is 0 Å². The predicted molar refractivity (Wildman–Crippen MR) is 81.2 cm³/mol. The number of carboxylic acid groups (broad SMARTS) is 1. The van der Waals surface area contributed by atoms with Gasteiger partial charge in [-0.3, -0.25) is 9.78 Å². The highest BCUT2D eigenvalue weighted by molar-refractivity contribution is 5.72. The Balaban J connectivity index is 1.96. The van der Waals surface area contributed by atoms with Gasteiger partial charge in [-0.25, -0.2) is 8.78 Å². The average molecular weight is 317 g/mol. The topological polar surface area (TPSA) is 50.2 Å². The van der Waals surface area contributed by atoms with Crippen molar-refractivity contribution >= 4 is 5.97 Å². The first-order valence-electron chi connectivity index (χ1n) is 7.55. The number of pyridine rings is 1. The van der Waals surface area contributed by atoms with Crippen molar-refractivity contribution in [1.29, 1.82) is 0 Å². The maximum Gasteiger partial charge on any atom is 0.307 e. The van der Waals surface area contributed by atoms with Crippen LogP contribution < -0.4 is 0 Å². The Morgan fingerprint density at radius 3 is 2.74 bits per heavy atom. The monoisotopic (exact) mass is 317 g/mol. The summed E-state index contributed by atoms with van der Waals surface area (Å²) in [5.41, 5.74) is 1.92. The molecule has 1 aliphatic carbocycles. The van der Waals surface area contributed by atoms with E-state index in [4.69, 9.17) is 0 Å². The Morgan fingerprint density at radius 1 is 1.26 bits per heavy atom. The summed E-state index contributed by atoms with van der Waals surface area (Å²) in [6.07, 6.45) is 3.66. The van der Waals surface area contributed by atoms with Crippen LogP contribution in [-0.4, -0.2) is 16.1 Å². The lowest BCUT2D eigenvalue weighted by atomic mass is 9.86. The highest BCUT2D eigenvalue weighted by Crippen LogP contribution is 2.48. The minimum atomic E-state index is -0.898. The third kappa shape index (κ3) is 2.96. The third-order valence-corrected chi connectivity index (χ3v) is 4.79. The minimum Gasteiger partial charge on any atom is -0.481 e. The number of hydrogen-bond donors (Lipinski definition) is 1. The van der Waals surface area contributed by atoms with Crippen molar-refractivity contribution in [3.63, 3.8) is 0 Å². The van der Waals surface area contributed by atoms with Crippen molar-refractivity contribution in [2.24, 2.45) is 5.92 Å². The van der Waals surface area contributed by atoms with Gasteiger partial charge in [-0.15, -0.1) is 0 Å². The van der Waals surface area contributed by atoms with Crippen LogP contribution in [-0.2, 0) is 4.79 Å². The molecule has 23 heavy (non-hydrogen) atoms. The molecular formula is C18H17F2NO2. The van der Waals surface area contributed by atoms with Crippen LogP contribution in [0.25, 0.3) is 0 Å². The van der Waals surface area contributed by atoms with Crippen molar-refractivity contribution in [1.82, 2.24) is 4.98 Å². The second-order valence-corrected chi connectivity index (χ2v) is 6.11. The van der Waals surface area contributed by atoms with Crippen LogP contribution in [0.4, 0.5) is 8.78 Å². The van der Waals surface area contributed by atoms with E-state index in [1.54, 1.807) is 25.3 Å². The molecule has 0 amide bonds. The molecule has 1 saturated carbocycles. The van der Waals surface area contributed by atoms with E-state index in [-0.39, 0.29) is 17.7 Å². The molecule has 3 rings (SSSR count). The molecule has 5 heteroatoms. The normalized spacial score (nSPS) is 23.9. The number of carbonyl (C=O) groups is 1. The number of nitrogens with zero attached hydrogens (tertiary/aromatic N) is 1. The van der Waals surface area contributed by atoms with E-state index in [1.807, 2.05) is 0 Å². The zero-order valence-corrected chi connectivity index (χ0v) is 12.7. The number of hydrogen-bond acceptors (Lipinski definition) is 2. The van der Waals surface area contributed by atoms with Crippen molar-refractivity contribution in [2.45, 2.75) is 31.6 Å². The fraction of sp³-hybridized carbons (Fsp3) is 0.333. The fourth-order valence-electron chi connectivity index (χ4n) is 3.60. The van der Waals surface area contributed by atoms with Crippen LogP contribution in [0.1, 0.15) is 41.4 Å². The number of carboxylic acids is 1. The molecule has 120 valence electrons. The van der Waals surface area contributed by atoms with Gasteiger partial charge < -0.3 is 5.11 Å². The van der Waals surface area contributed by atoms with Gasteiger partial charge in [-0.05, 0) is 60.4 Å². The fourth-order valence-corrected chi connectivity index (χ4v) is 3.60. The Morgan fingerprint density at radius 2 is 2.04 bits per heavy atom. The van der Waals surface area contributed by atoms with Crippen LogP contribution in [0.5, 0.6) is 0 Å². The minimum absolute atomic E-state index is 0.0908. The summed E-state index contributed by atoms with van der Waals surface area (Å²) in [4.78, 5) is 15.5. The lowest BCUT2D eigenvalue weighted by Gasteiger charge is -2.18. The van der Waals surface area contributed by atoms with Gasteiger partial charge in [0.25, 0.3) is 0 Å². The molecule has 3 atom stereocenters. The molecule has 0 aliphatic heterocycles. The van der Waals surface area contributed by atoms with Gasteiger partial charge >= 0.3 is 5.97 Å². The van der Waals surface area contributed by atoms with Crippen LogP contribution in [0.2, 0.25) is 0 Å². The van der Waals surface area contributed by atoms with Crippen LogP contribution >= 0.6 is 0 Å². The van der Waals surface area contributed by atoms with Crippen molar-refractivity contribution in [2.75, 3.05) is 0 Å². The molecule has 0 radical (unpaired) electrons. The Hall–Kier alpha value is -2.30. The molecule has 0 bridgehead atoms. The predicted octanol–water partition coefficient (Wildman–Crippen LogP) is 4.03. The lowest BCUT2D eigenvalue weighted by molar-refractivity contribution is -0.142. The summed E-state index contributed by atoms with van der Waals surface area (Å²) in [5.74, 6) is -2.64. The quantitative estimate of drug-likeness (QED) is 0.930. The summed E-state index contributed by atoms with van der Waals surface area (Å²) in [5, 5.41) is 9.54. The highest BCUT2D eigenvalue weighted by Gasteiger charge is 2.41. The van der Waals surface area contributed by atoms with Crippen LogP contribution in [0.3, 0.4) is 0 Å². The second-order valence-electron chi connectivity index (χ2n) is 6.11. The van der Waals surface area contributed by atoms with Gasteiger partial charge in [0.1, 0.15) is 11.6 Å². The summed E-state index contributed by atoms with van der Waals surface area (Å²) < 4.78 is 27.2. The van der Waals surface area contributed by atoms with E-state index < -0.39 is 17.7 Å². The maximum atomic E-state index is 13.8. The van der Waals surface area contributed by atoms with Crippen molar-refractivity contribution < 1.29 is 18.7 Å². The molecule has 1 N–H and O–H groups in total. The summed E-state index contributed by atoms with van der Waals surface area (Å²) >= 11 is 0. The second kappa shape index (κ2) is 6.07.